The van der Waals surface area contributed by atoms with E-state index >= 15 is 0 Å². The molecule has 0 aliphatic heterocycles. The first-order chi connectivity index (χ1) is 7.06. The average molecular weight is 200 g/mol. The van der Waals surface area contributed by atoms with Crippen LogP contribution in [0.5, 0.6) is 0 Å². The van der Waals surface area contributed by atoms with Crippen molar-refractivity contribution in [3.05, 3.63) is 36.0 Å². The molecule has 1 aromatic carbocycles. The molecule has 0 aliphatic carbocycles. The van der Waals surface area contributed by atoms with Crippen LogP contribution >= 0.6 is 0 Å². The van der Waals surface area contributed by atoms with Gasteiger partial charge in [0.2, 0.25) is 0 Å². The summed E-state index contributed by atoms with van der Waals surface area (Å²) in [6, 6.07) is 8.17. The lowest BCUT2D eigenvalue weighted by atomic mass is 9.87. The van der Waals surface area contributed by atoms with E-state index in [0.717, 1.165) is 11.9 Å². The Kier molecular flexibility index (Phi) is 2.43. The van der Waals surface area contributed by atoms with Gasteiger partial charge in [0.05, 0.1) is 11.7 Å². The largest absolute Gasteiger partial charge is 0.158 e. The van der Waals surface area contributed by atoms with Crippen molar-refractivity contribution >= 4 is 10.9 Å². The molecule has 2 nitrogen and oxygen atoms in total. The third-order valence-electron chi connectivity index (χ3n) is 2.35. The number of nitrogens with zero attached hydrogens (tertiary/aromatic N) is 2. The van der Waals surface area contributed by atoms with Crippen LogP contribution in [0.2, 0.25) is 0 Å². The highest BCUT2D eigenvalue weighted by Gasteiger charge is 2.13. The van der Waals surface area contributed by atoms with Crippen molar-refractivity contribution in [1.29, 1.82) is 0 Å². The first-order valence-electron chi connectivity index (χ1n) is 5.25. The highest BCUT2D eigenvalue weighted by atomic mass is 15.1. The van der Waals surface area contributed by atoms with Crippen LogP contribution in [0.25, 0.3) is 10.9 Å². The lowest BCUT2D eigenvalue weighted by Crippen LogP contribution is -2.10. The molecule has 0 unspecified atom stereocenters. The number of hydrogen-bond acceptors (Lipinski definition) is 2. The van der Waals surface area contributed by atoms with Crippen LogP contribution in [0.15, 0.2) is 30.5 Å². The number of benzene rings is 1. The van der Waals surface area contributed by atoms with E-state index in [-0.39, 0.29) is 5.41 Å². The van der Waals surface area contributed by atoms with Crippen molar-refractivity contribution in [2.75, 3.05) is 0 Å². The first kappa shape index (κ1) is 10.1. The maximum absolute atomic E-state index is 4.12. The van der Waals surface area contributed by atoms with E-state index in [9.17, 15) is 0 Å². The monoisotopic (exact) mass is 200 g/mol. The Bertz CT molecular complexity index is 464. The summed E-state index contributed by atoms with van der Waals surface area (Å²) >= 11 is 0. The van der Waals surface area contributed by atoms with Crippen LogP contribution in [0.4, 0.5) is 0 Å². The molecule has 0 saturated heterocycles. The highest BCUT2D eigenvalue weighted by Crippen LogP contribution is 2.24. The van der Waals surface area contributed by atoms with Gasteiger partial charge in [-0.1, -0.05) is 39.0 Å². The third-order valence-corrected chi connectivity index (χ3v) is 2.35. The third kappa shape index (κ3) is 2.32. The quantitative estimate of drug-likeness (QED) is 0.706. The van der Waals surface area contributed by atoms with Gasteiger partial charge in [-0.2, -0.15) is 10.2 Å². The molecule has 0 aliphatic rings. The first-order valence-corrected chi connectivity index (χ1v) is 5.25. The highest BCUT2D eigenvalue weighted by molar-refractivity contribution is 5.81. The molecule has 1 heterocycles. The van der Waals surface area contributed by atoms with Gasteiger partial charge in [0.15, 0.2) is 0 Å². The molecular formula is C13H16N2. The fourth-order valence-electron chi connectivity index (χ4n) is 1.77. The van der Waals surface area contributed by atoms with Crippen LogP contribution in [-0.4, -0.2) is 10.2 Å². The van der Waals surface area contributed by atoms with Gasteiger partial charge in [-0.25, -0.2) is 0 Å². The summed E-state index contributed by atoms with van der Waals surface area (Å²) in [4.78, 5) is 0. The summed E-state index contributed by atoms with van der Waals surface area (Å²) in [7, 11) is 0. The molecule has 78 valence electrons. The Labute approximate surface area is 90.3 Å². The van der Waals surface area contributed by atoms with E-state index in [1.165, 1.54) is 10.9 Å². The Morgan fingerprint density at radius 1 is 1.13 bits per heavy atom. The Morgan fingerprint density at radius 3 is 2.60 bits per heavy atom. The van der Waals surface area contributed by atoms with Crippen LogP contribution in [0.1, 0.15) is 26.3 Å². The van der Waals surface area contributed by atoms with Gasteiger partial charge in [-0.15, -0.1) is 0 Å². The van der Waals surface area contributed by atoms with Gasteiger partial charge in [0.25, 0.3) is 0 Å². The second-order valence-corrected chi connectivity index (χ2v) is 5.12. The van der Waals surface area contributed by atoms with Crippen molar-refractivity contribution in [1.82, 2.24) is 10.2 Å². The van der Waals surface area contributed by atoms with E-state index in [0.29, 0.717) is 0 Å². The minimum absolute atomic E-state index is 0.284. The topological polar surface area (TPSA) is 25.8 Å². The van der Waals surface area contributed by atoms with Crippen molar-refractivity contribution in [3.63, 3.8) is 0 Å². The number of rotatable bonds is 1. The number of fused-ring (bicyclic) bond motifs is 1. The second-order valence-electron chi connectivity index (χ2n) is 5.12. The summed E-state index contributed by atoms with van der Waals surface area (Å²) < 4.78 is 0. The van der Waals surface area contributed by atoms with Gasteiger partial charge in [-0.3, -0.25) is 0 Å². The molecule has 15 heavy (non-hydrogen) atoms. The number of aromatic nitrogens is 2. The minimum Gasteiger partial charge on any atom is -0.158 e. The average Bonchev–Trinajstić information content (AvgIpc) is 2.16. The fourth-order valence-corrected chi connectivity index (χ4v) is 1.77. The Hall–Kier alpha value is -1.44. The lowest BCUT2D eigenvalue weighted by molar-refractivity contribution is 0.412. The van der Waals surface area contributed by atoms with Crippen LogP contribution in [-0.2, 0) is 6.42 Å². The summed E-state index contributed by atoms with van der Waals surface area (Å²) in [6.07, 6.45) is 2.91. The zero-order chi connectivity index (χ0) is 10.9. The zero-order valence-electron chi connectivity index (χ0n) is 9.49. The van der Waals surface area contributed by atoms with Crippen molar-refractivity contribution in [2.24, 2.45) is 5.41 Å². The summed E-state index contributed by atoms with van der Waals surface area (Å²) in [5.41, 5.74) is 2.55. The maximum atomic E-state index is 4.12. The molecule has 0 radical (unpaired) electrons. The van der Waals surface area contributed by atoms with Gasteiger partial charge in [-0.05, 0) is 23.5 Å². The molecule has 2 aromatic rings. The van der Waals surface area contributed by atoms with E-state index in [1.54, 1.807) is 0 Å². The second kappa shape index (κ2) is 3.61. The zero-order valence-corrected chi connectivity index (χ0v) is 9.49. The Balaban J connectivity index is 2.52. The molecule has 0 N–H and O–H groups in total. The molecule has 0 atom stereocenters. The summed E-state index contributed by atoms with van der Waals surface area (Å²) in [6.45, 7) is 6.71. The molecule has 0 saturated carbocycles. The van der Waals surface area contributed by atoms with Gasteiger partial charge < -0.3 is 0 Å². The predicted octanol–water partition coefficient (Wildman–Crippen LogP) is 3.22. The molecule has 2 heteroatoms. The van der Waals surface area contributed by atoms with E-state index in [2.05, 4.69) is 43.1 Å². The molecule has 0 amide bonds. The van der Waals surface area contributed by atoms with Crippen molar-refractivity contribution < 1.29 is 0 Å². The molecular weight excluding hydrogens is 184 g/mol. The van der Waals surface area contributed by atoms with Gasteiger partial charge >= 0.3 is 0 Å². The van der Waals surface area contributed by atoms with E-state index < -0.39 is 0 Å². The normalized spacial score (nSPS) is 11.9. The molecule has 1 aromatic heterocycles. The van der Waals surface area contributed by atoms with Gasteiger partial charge in [0.1, 0.15) is 0 Å². The minimum atomic E-state index is 0.284. The smallest absolute Gasteiger partial charge is 0.0932 e. The van der Waals surface area contributed by atoms with Gasteiger partial charge in [0, 0.05) is 5.39 Å². The lowest BCUT2D eigenvalue weighted by Gasteiger charge is -2.18. The van der Waals surface area contributed by atoms with E-state index in [4.69, 9.17) is 0 Å². The number of hydrogen-bond donors (Lipinski definition) is 0. The van der Waals surface area contributed by atoms with Crippen LogP contribution in [0, 0.1) is 5.41 Å². The summed E-state index contributed by atoms with van der Waals surface area (Å²) in [5.74, 6) is 0. The van der Waals surface area contributed by atoms with Crippen molar-refractivity contribution in [3.8, 4) is 0 Å². The molecule has 0 spiro atoms. The van der Waals surface area contributed by atoms with Crippen LogP contribution < -0.4 is 0 Å². The molecule has 2 rings (SSSR count). The maximum Gasteiger partial charge on any atom is 0.0932 e. The van der Waals surface area contributed by atoms with E-state index in [1.807, 2.05) is 18.3 Å². The summed E-state index contributed by atoms with van der Waals surface area (Å²) in [5, 5.41) is 9.39. The Morgan fingerprint density at radius 2 is 1.87 bits per heavy atom. The van der Waals surface area contributed by atoms with Crippen LogP contribution in [0.3, 0.4) is 0 Å². The predicted molar refractivity (Wildman–Crippen MR) is 62.7 cm³/mol. The van der Waals surface area contributed by atoms with Crippen molar-refractivity contribution in [2.45, 2.75) is 27.2 Å². The molecule has 0 bridgehead atoms. The SMILES string of the molecule is CC(C)(C)Cc1cnnc2ccccc12. The molecule has 0 fully saturated rings. The fraction of sp³-hybridized carbons (Fsp3) is 0.385. The standard InChI is InChI=1S/C13H16N2/c1-13(2,3)8-10-9-14-15-12-7-5-4-6-11(10)12/h4-7,9H,8H2,1-3H3.